The summed E-state index contributed by atoms with van der Waals surface area (Å²) in [6.07, 6.45) is 0. The van der Waals surface area contributed by atoms with Crippen molar-refractivity contribution in [3.8, 4) is 0 Å². The second kappa shape index (κ2) is 881. The molecular formula is C18Fe3N18Ru2. The molecule has 0 bridgehead atoms. The molecule has 0 amide bonds. The number of hydrogen-bond donors (Lipinski definition) is 0. The van der Waals surface area contributed by atoms with E-state index in [2.05, 4.69) is 0 Å². The molecular weight excluding hydrogens is 838 g/mol. The largest absolute Gasteiger partial charge is 4.00 e. The molecule has 0 N–H and O–H groups in total. The van der Waals surface area contributed by atoms with Crippen molar-refractivity contribution in [2.75, 3.05) is 0 Å². The van der Waals surface area contributed by atoms with E-state index in [-0.39, 0.29) is 90.2 Å². The molecule has 18 nitrogen and oxygen atoms in total. The van der Waals surface area contributed by atoms with E-state index in [1.54, 1.807) is 0 Å². The van der Waals surface area contributed by atoms with Gasteiger partial charge < -0.3 is 213 Å². The zero-order valence-corrected chi connectivity index (χ0v) is 25.6. The Bertz CT molecular complexity index is 374. The molecule has 0 spiro atoms. The van der Waals surface area contributed by atoms with Gasteiger partial charge in [-0.15, -0.1) is 0 Å². The van der Waals surface area contributed by atoms with E-state index >= 15 is 0 Å². The average molecular weight is 838 g/mol. The van der Waals surface area contributed by atoms with Crippen LogP contribution < -0.4 is 0 Å². The van der Waals surface area contributed by atoms with Crippen LogP contribution in [0.5, 0.6) is 0 Å². The van der Waals surface area contributed by atoms with Crippen molar-refractivity contribution in [1.82, 2.24) is 0 Å². The molecule has 202 valence electrons. The molecule has 0 atom stereocenters. The first kappa shape index (κ1) is 290. The summed E-state index contributed by atoms with van der Waals surface area (Å²) >= 11 is 0. The van der Waals surface area contributed by atoms with Crippen molar-refractivity contribution in [2.24, 2.45) is 0 Å². The topological polar surface area (TPSA) is 428 Å². The summed E-state index contributed by atoms with van der Waals surface area (Å²) in [7, 11) is 0. The first-order valence-corrected chi connectivity index (χ1v) is 4.02. The maximum absolute atomic E-state index is 6.25. The fraction of sp³-hybridized carbons (Fsp3) is 0. The van der Waals surface area contributed by atoms with Crippen LogP contribution >= 0.6 is 0 Å². The van der Waals surface area contributed by atoms with Gasteiger partial charge in [0.15, 0.2) is 0 Å². The molecule has 0 aliphatic rings. The van der Waals surface area contributed by atoms with E-state index in [4.69, 9.17) is 213 Å². The minimum Gasteiger partial charge on any atom is -0.512 e. The van der Waals surface area contributed by atoms with Gasteiger partial charge >= 0.3 is 90.2 Å². The first-order valence-electron chi connectivity index (χ1n) is 4.02. The van der Waals surface area contributed by atoms with E-state index in [1.165, 1.54) is 0 Å². The van der Waals surface area contributed by atoms with Gasteiger partial charge in [-0.25, -0.2) is 0 Å². The van der Waals surface area contributed by atoms with E-state index in [9.17, 15) is 0 Å². The van der Waals surface area contributed by atoms with Crippen molar-refractivity contribution >= 4 is 0 Å². The molecule has 0 aromatic rings. The number of nitrogens with zero attached hydrogens (tertiary/aromatic N) is 18. The van der Waals surface area contributed by atoms with E-state index in [1.807, 2.05) is 0 Å². The van der Waals surface area contributed by atoms with Crippen LogP contribution in [-0.4, -0.2) is 0 Å². The number of hydrogen-bond acceptors (Lipinski definition) is 18. The van der Waals surface area contributed by atoms with Gasteiger partial charge in [0.2, 0.25) is 0 Å². The summed E-state index contributed by atoms with van der Waals surface area (Å²) < 4.78 is 0. The number of rotatable bonds is 0. The van der Waals surface area contributed by atoms with Crippen LogP contribution in [0.1, 0.15) is 0 Å². The van der Waals surface area contributed by atoms with Crippen molar-refractivity contribution in [3.05, 3.63) is 118 Å². The molecule has 0 saturated carbocycles. The Hall–Kier alpha value is -6.37. The second-order valence-electron chi connectivity index (χ2n) is 0. The molecule has 0 saturated heterocycles. The zero-order valence-electron chi connectivity index (χ0n) is 18.8. The van der Waals surface area contributed by atoms with Gasteiger partial charge in [0, 0.05) is 0 Å². The minimum atomic E-state index is 0. The SMILES string of the molecule is [C-]#N.[C-]#N.[C-]#N.[C-]#N.[C-]#N.[C-]#N.[C-]#N.[C-]#N.[C-]#N.[C-]#N.[C-]#N.[C-]#N.[C-]#N.[C-]#N.[C-]#N.[C-]#N.[C-]#N.[C-]#N.[Fe+4].[Fe+4].[Fe+4].[Ru+3].[Ru+3]. The van der Waals surface area contributed by atoms with Crippen LogP contribution in [0.4, 0.5) is 0 Å². The third kappa shape index (κ3) is 828. The van der Waals surface area contributed by atoms with Gasteiger partial charge in [-0.3, -0.25) is 0 Å². The standard InChI is InChI=1S/18CN.3Fe.2Ru/c18*1-2;;;;;/q18*-1;3*+4;2*+3. The molecule has 0 heterocycles. The smallest absolute Gasteiger partial charge is 0.512 e. The van der Waals surface area contributed by atoms with Gasteiger partial charge in [-0.2, -0.15) is 0 Å². The molecule has 23 heteroatoms. The van der Waals surface area contributed by atoms with Crippen LogP contribution in [-0.2, 0) is 90.2 Å². The molecule has 0 fully saturated rings. The Labute approximate surface area is 301 Å². The maximum atomic E-state index is 6.25. The molecule has 0 aliphatic heterocycles. The zero-order chi connectivity index (χ0) is 36.0. The van der Waals surface area contributed by atoms with Crippen molar-refractivity contribution in [2.45, 2.75) is 0 Å². The Morgan fingerprint density at radius 2 is 0.122 bits per heavy atom. The Morgan fingerprint density at radius 1 is 0.122 bits per heavy atom. The maximum Gasteiger partial charge on any atom is 4.00 e. The molecule has 0 unspecified atom stereocenters. The Morgan fingerprint density at radius 3 is 0.122 bits per heavy atom. The van der Waals surface area contributed by atoms with Crippen molar-refractivity contribution in [1.29, 1.82) is 94.7 Å². The van der Waals surface area contributed by atoms with Crippen LogP contribution in [0.15, 0.2) is 0 Å². The molecule has 0 rings (SSSR count). The average Bonchev–Trinajstić information content (AvgIpc) is 3.13. The predicted octanol–water partition coefficient (Wildman–Crippen LogP) is 1.72. The summed E-state index contributed by atoms with van der Waals surface area (Å²) in [6, 6.07) is 0. The van der Waals surface area contributed by atoms with Crippen LogP contribution in [0.3, 0.4) is 0 Å². The quantitative estimate of drug-likeness (QED) is 0.247. The Kier molecular flexibility index (Phi) is 6220. The fourth-order valence-electron chi connectivity index (χ4n) is 0. The summed E-state index contributed by atoms with van der Waals surface area (Å²) in [4.78, 5) is 0. The van der Waals surface area contributed by atoms with Crippen molar-refractivity contribution < 1.29 is 90.2 Å². The summed E-state index contributed by atoms with van der Waals surface area (Å²) in [6.45, 7) is 85.5. The van der Waals surface area contributed by atoms with E-state index in [0.717, 1.165) is 0 Å². The van der Waals surface area contributed by atoms with Crippen LogP contribution in [0, 0.1) is 213 Å². The monoisotopic (exact) mass is 840 g/mol. The van der Waals surface area contributed by atoms with Crippen molar-refractivity contribution in [3.63, 3.8) is 0 Å². The Balaban J connectivity index is -0.00000000396. The molecule has 0 aliphatic carbocycles. The molecule has 0 aromatic heterocycles. The van der Waals surface area contributed by atoms with Gasteiger partial charge in [0.25, 0.3) is 0 Å². The minimum absolute atomic E-state index is 0. The van der Waals surface area contributed by atoms with Gasteiger partial charge in [-0.05, 0) is 0 Å². The normalized spacial score (nSPS) is 0.878. The summed E-state index contributed by atoms with van der Waals surface area (Å²) in [5, 5.41) is 112. The summed E-state index contributed by atoms with van der Waals surface area (Å²) in [5.74, 6) is 0. The molecule has 2 radical (unpaired) electrons. The third-order valence-electron chi connectivity index (χ3n) is 0. The second-order valence-corrected chi connectivity index (χ2v) is 0. The van der Waals surface area contributed by atoms with Gasteiger partial charge in [-0.1, -0.05) is 0 Å². The molecule has 41 heavy (non-hydrogen) atoms. The van der Waals surface area contributed by atoms with Gasteiger partial charge in [0.1, 0.15) is 0 Å². The molecule has 0 aromatic carbocycles. The first-order chi connectivity index (χ1) is 18.0. The third-order valence-corrected chi connectivity index (χ3v) is 0. The van der Waals surface area contributed by atoms with E-state index < -0.39 is 0 Å². The van der Waals surface area contributed by atoms with E-state index in [0.29, 0.717) is 0 Å². The fourth-order valence-corrected chi connectivity index (χ4v) is 0. The predicted molar refractivity (Wildman–Crippen MR) is 89.4 cm³/mol. The summed E-state index contributed by atoms with van der Waals surface area (Å²) in [5.41, 5.74) is 0. The van der Waals surface area contributed by atoms with Crippen LogP contribution in [0.2, 0.25) is 0 Å². The van der Waals surface area contributed by atoms with Gasteiger partial charge in [0.05, 0.1) is 0 Å². The van der Waals surface area contributed by atoms with Crippen LogP contribution in [0.25, 0.3) is 0 Å².